The lowest BCUT2D eigenvalue weighted by Crippen LogP contribution is -1.99. The van der Waals surface area contributed by atoms with Gasteiger partial charge in [0.15, 0.2) is 11.4 Å². The van der Waals surface area contributed by atoms with Gasteiger partial charge in [-0.3, -0.25) is 4.79 Å². The molecule has 0 spiro atoms. The minimum Gasteiger partial charge on any atom is -0.453 e. The van der Waals surface area contributed by atoms with Crippen LogP contribution >= 0.6 is 0 Å². The lowest BCUT2D eigenvalue weighted by Gasteiger charge is -1.99. The Labute approximate surface area is 126 Å². The minimum atomic E-state index is -0.392. The molecule has 0 radical (unpaired) electrons. The molecule has 2 aromatic carbocycles. The van der Waals surface area contributed by atoms with Crippen LogP contribution in [0.2, 0.25) is 0 Å². The number of rotatable bonds is 3. The fraction of sp³-hybridized carbons (Fsp3) is 0. The van der Waals surface area contributed by atoms with E-state index in [9.17, 15) is 9.18 Å². The highest BCUT2D eigenvalue weighted by Crippen LogP contribution is 2.25. The van der Waals surface area contributed by atoms with Gasteiger partial charge in [-0.05, 0) is 36.4 Å². The van der Waals surface area contributed by atoms with Crippen LogP contribution in [-0.2, 0) is 0 Å². The fourth-order valence-corrected chi connectivity index (χ4v) is 2.06. The third-order valence-electron chi connectivity index (χ3n) is 3.22. The Balaban J connectivity index is 1.88. The van der Waals surface area contributed by atoms with Gasteiger partial charge in [0, 0.05) is 11.1 Å². The Morgan fingerprint density at radius 2 is 1.64 bits per heavy atom. The number of carbonyl (C=O) groups is 1. The molecule has 3 nitrogen and oxygen atoms in total. The molecule has 1 heterocycles. The van der Waals surface area contributed by atoms with Crippen LogP contribution in [0.25, 0.3) is 16.2 Å². The van der Waals surface area contributed by atoms with Gasteiger partial charge >= 0.3 is 0 Å². The molecule has 0 aliphatic rings. The fourth-order valence-electron chi connectivity index (χ4n) is 2.06. The van der Waals surface area contributed by atoms with Crippen molar-refractivity contribution in [3.05, 3.63) is 89.2 Å². The average Bonchev–Trinajstić information content (AvgIpc) is 3.05. The smallest absolute Gasteiger partial charge is 0.228 e. The van der Waals surface area contributed by atoms with E-state index < -0.39 is 5.82 Å². The number of hydrogen-bond acceptors (Lipinski definition) is 2. The van der Waals surface area contributed by atoms with Crippen molar-refractivity contribution in [1.82, 2.24) is 0 Å². The van der Waals surface area contributed by atoms with Crippen LogP contribution in [0, 0.1) is 12.4 Å². The molecule has 1 aromatic heterocycles. The normalized spacial score (nSPS) is 10.2. The van der Waals surface area contributed by atoms with E-state index in [1.165, 1.54) is 24.3 Å². The Morgan fingerprint density at radius 1 is 0.955 bits per heavy atom. The standard InChI is InChI=1S/C18H10FNO2/c1-20-15-8-4-12(5-9-15)16-10-11-17(22-16)18(21)13-2-6-14(19)7-3-13/h2-11H. The molecule has 4 heteroatoms. The molecule has 0 fully saturated rings. The Bertz CT molecular complexity index is 855. The lowest BCUT2D eigenvalue weighted by molar-refractivity contribution is 0.101. The minimum absolute atomic E-state index is 0.191. The molecule has 0 saturated carbocycles. The number of carbonyl (C=O) groups excluding carboxylic acids is 1. The Hall–Kier alpha value is -3.19. The van der Waals surface area contributed by atoms with Crippen molar-refractivity contribution in [2.75, 3.05) is 0 Å². The van der Waals surface area contributed by atoms with Gasteiger partial charge in [0.25, 0.3) is 0 Å². The van der Waals surface area contributed by atoms with Crippen LogP contribution in [0.4, 0.5) is 10.1 Å². The molecule has 0 unspecified atom stereocenters. The molecular formula is C18H10FNO2. The van der Waals surface area contributed by atoms with Crippen LogP contribution in [0.3, 0.4) is 0 Å². The summed E-state index contributed by atoms with van der Waals surface area (Å²) < 4.78 is 18.5. The quantitative estimate of drug-likeness (QED) is 0.510. The second kappa shape index (κ2) is 5.66. The van der Waals surface area contributed by atoms with E-state index in [2.05, 4.69) is 4.85 Å². The lowest BCUT2D eigenvalue weighted by atomic mass is 10.1. The molecule has 22 heavy (non-hydrogen) atoms. The molecule has 0 bridgehead atoms. The summed E-state index contributed by atoms with van der Waals surface area (Å²) in [6.45, 7) is 6.92. The van der Waals surface area contributed by atoms with Crippen LogP contribution in [0.5, 0.6) is 0 Å². The molecule has 0 saturated heterocycles. The second-order valence-corrected chi connectivity index (χ2v) is 4.66. The van der Waals surface area contributed by atoms with E-state index >= 15 is 0 Å². The van der Waals surface area contributed by atoms with Gasteiger partial charge in [0.1, 0.15) is 11.6 Å². The van der Waals surface area contributed by atoms with Crippen molar-refractivity contribution in [3.8, 4) is 11.3 Å². The summed E-state index contributed by atoms with van der Waals surface area (Å²) in [6.07, 6.45) is 0. The van der Waals surface area contributed by atoms with Gasteiger partial charge in [-0.25, -0.2) is 9.24 Å². The second-order valence-electron chi connectivity index (χ2n) is 4.66. The zero-order valence-electron chi connectivity index (χ0n) is 11.4. The van der Waals surface area contributed by atoms with E-state index in [0.29, 0.717) is 17.0 Å². The highest BCUT2D eigenvalue weighted by atomic mass is 19.1. The highest BCUT2D eigenvalue weighted by Gasteiger charge is 2.14. The predicted octanol–water partition coefficient (Wildman–Crippen LogP) is 4.87. The van der Waals surface area contributed by atoms with Crippen molar-refractivity contribution in [2.45, 2.75) is 0 Å². The van der Waals surface area contributed by atoms with Crippen LogP contribution in [-0.4, -0.2) is 5.78 Å². The van der Waals surface area contributed by atoms with Crippen LogP contribution in [0.1, 0.15) is 16.1 Å². The topological polar surface area (TPSA) is 34.6 Å². The zero-order chi connectivity index (χ0) is 15.5. The molecule has 0 amide bonds. The molecule has 3 aromatic rings. The van der Waals surface area contributed by atoms with Gasteiger partial charge in [-0.1, -0.05) is 24.3 Å². The number of furan rings is 1. The maximum atomic E-state index is 12.9. The summed E-state index contributed by atoms with van der Waals surface area (Å²) in [5.74, 6) is 0.0402. The highest BCUT2D eigenvalue weighted by molar-refractivity contribution is 6.07. The summed E-state index contributed by atoms with van der Waals surface area (Å²) in [7, 11) is 0. The zero-order valence-corrected chi connectivity index (χ0v) is 11.4. The molecule has 106 valence electrons. The number of benzene rings is 2. The maximum Gasteiger partial charge on any atom is 0.228 e. The number of nitrogens with zero attached hydrogens (tertiary/aromatic N) is 1. The summed E-state index contributed by atoms with van der Waals surface area (Å²) in [4.78, 5) is 15.6. The van der Waals surface area contributed by atoms with Crippen molar-refractivity contribution in [3.63, 3.8) is 0 Å². The number of ketones is 1. The van der Waals surface area contributed by atoms with Crippen molar-refractivity contribution < 1.29 is 13.6 Å². The first kappa shape index (κ1) is 13.8. The maximum absolute atomic E-state index is 12.9. The van der Waals surface area contributed by atoms with Crippen LogP contribution in [0.15, 0.2) is 65.1 Å². The average molecular weight is 291 g/mol. The van der Waals surface area contributed by atoms with Gasteiger partial charge in [-0.2, -0.15) is 0 Å². The summed E-state index contributed by atoms with van der Waals surface area (Å²) >= 11 is 0. The molecule has 0 atom stereocenters. The molecular weight excluding hydrogens is 281 g/mol. The van der Waals surface area contributed by atoms with Gasteiger partial charge in [0.2, 0.25) is 5.78 Å². The SMILES string of the molecule is [C-]#[N+]c1ccc(-c2ccc(C(=O)c3ccc(F)cc3)o2)cc1. The largest absolute Gasteiger partial charge is 0.453 e. The first-order valence-electron chi connectivity index (χ1n) is 6.55. The third kappa shape index (κ3) is 2.65. The molecule has 0 aliphatic carbocycles. The van der Waals surface area contributed by atoms with E-state index in [-0.39, 0.29) is 11.5 Å². The van der Waals surface area contributed by atoms with Crippen molar-refractivity contribution in [2.24, 2.45) is 0 Å². The monoisotopic (exact) mass is 291 g/mol. The van der Waals surface area contributed by atoms with Gasteiger partial charge in [-0.15, -0.1) is 0 Å². The first-order valence-corrected chi connectivity index (χ1v) is 6.55. The molecule has 3 rings (SSSR count). The molecule has 0 N–H and O–H groups in total. The number of hydrogen-bond donors (Lipinski definition) is 0. The van der Waals surface area contributed by atoms with Gasteiger partial charge in [0.05, 0.1) is 6.57 Å². The first-order chi connectivity index (χ1) is 10.7. The Morgan fingerprint density at radius 3 is 2.27 bits per heavy atom. The van der Waals surface area contributed by atoms with E-state index in [1.54, 1.807) is 36.4 Å². The van der Waals surface area contributed by atoms with E-state index in [4.69, 9.17) is 11.0 Å². The predicted molar refractivity (Wildman–Crippen MR) is 80.2 cm³/mol. The number of halogens is 1. The van der Waals surface area contributed by atoms with Crippen LogP contribution < -0.4 is 0 Å². The van der Waals surface area contributed by atoms with E-state index in [0.717, 1.165) is 5.56 Å². The Kier molecular flexibility index (Phi) is 3.55. The van der Waals surface area contributed by atoms with Crippen molar-refractivity contribution >= 4 is 11.5 Å². The summed E-state index contributed by atoms with van der Waals surface area (Å²) in [5, 5.41) is 0. The molecule has 0 aliphatic heterocycles. The summed E-state index contributed by atoms with van der Waals surface area (Å²) in [5.41, 5.74) is 1.69. The van der Waals surface area contributed by atoms with E-state index in [1.807, 2.05) is 0 Å². The third-order valence-corrected chi connectivity index (χ3v) is 3.22. The van der Waals surface area contributed by atoms with Crippen molar-refractivity contribution in [1.29, 1.82) is 0 Å². The summed E-state index contributed by atoms with van der Waals surface area (Å²) in [6, 6.07) is 15.5. The van der Waals surface area contributed by atoms with Gasteiger partial charge < -0.3 is 4.42 Å².